The zero-order valence-electron chi connectivity index (χ0n) is 9.48. The van der Waals surface area contributed by atoms with Crippen LogP contribution in [0.3, 0.4) is 0 Å². The zero-order valence-corrected chi connectivity index (χ0v) is 10.3. The fourth-order valence-electron chi connectivity index (χ4n) is 2.09. The highest BCUT2D eigenvalue weighted by molar-refractivity contribution is 7.99. The average Bonchev–Trinajstić information content (AvgIpc) is 2.33. The highest BCUT2D eigenvalue weighted by Crippen LogP contribution is 2.29. The standard InChI is InChI=1S/C13H19NOS/c15-12-3-1-2-4-13(12)16-10-7-11-5-8-14-9-6-11/h1-4,11,14-15H,5-10H2. The number of piperidine rings is 1. The number of phenolic OH excluding ortho intramolecular Hbond substituents is 1. The second-order valence-corrected chi connectivity index (χ2v) is 5.43. The highest BCUT2D eigenvalue weighted by Gasteiger charge is 2.12. The van der Waals surface area contributed by atoms with Crippen LogP contribution in [0.2, 0.25) is 0 Å². The molecule has 0 atom stereocenters. The third-order valence-electron chi connectivity index (χ3n) is 3.11. The predicted octanol–water partition coefficient (Wildman–Crippen LogP) is 2.87. The summed E-state index contributed by atoms with van der Waals surface area (Å²) in [6, 6.07) is 7.59. The topological polar surface area (TPSA) is 32.3 Å². The summed E-state index contributed by atoms with van der Waals surface area (Å²) in [4.78, 5) is 1.01. The number of nitrogens with one attached hydrogen (secondary N) is 1. The van der Waals surface area contributed by atoms with E-state index in [-0.39, 0.29) is 0 Å². The van der Waals surface area contributed by atoms with Gasteiger partial charge in [-0.3, -0.25) is 0 Å². The molecule has 0 aromatic heterocycles. The van der Waals surface area contributed by atoms with E-state index >= 15 is 0 Å². The maximum atomic E-state index is 9.62. The van der Waals surface area contributed by atoms with Crippen LogP contribution in [0.25, 0.3) is 0 Å². The largest absolute Gasteiger partial charge is 0.507 e. The predicted molar refractivity (Wildman–Crippen MR) is 69.0 cm³/mol. The van der Waals surface area contributed by atoms with Crippen molar-refractivity contribution in [3.8, 4) is 5.75 Å². The van der Waals surface area contributed by atoms with E-state index in [1.165, 1.54) is 32.4 Å². The lowest BCUT2D eigenvalue weighted by Gasteiger charge is -2.22. The van der Waals surface area contributed by atoms with Crippen molar-refractivity contribution in [3.63, 3.8) is 0 Å². The minimum atomic E-state index is 0.415. The minimum Gasteiger partial charge on any atom is -0.507 e. The number of benzene rings is 1. The molecule has 2 rings (SSSR count). The van der Waals surface area contributed by atoms with E-state index in [2.05, 4.69) is 5.32 Å². The number of rotatable bonds is 4. The number of para-hydroxylation sites is 1. The monoisotopic (exact) mass is 237 g/mol. The Bertz CT molecular complexity index is 323. The fraction of sp³-hybridized carbons (Fsp3) is 0.538. The lowest BCUT2D eigenvalue weighted by molar-refractivity contribution is 0.367. The van der Waals surface area contributed by atoms with Gasteiger partial charge < -0.3 is 10.4 Å². The highest BCUT2D eigenvalue weighted by atomic mass is 32.2. The van der Waals surface area contributed by atoms with Crippen LogP contribution in [0.4, 0.5) is 0 Å². The van der Waals surface area contributed by atoms with Gasteiger partial charge >= 0.3 is 0 Å². The van der Waals surface area contributed by atoms with E-state index in [0.717, 1.165) is 16.6 Å². The van der Waals surface area contributed by atoms with E-state index in [0.29, 0.717) is 5.75 Å². The Hall–Kier alpha value is -0.670. The number of thioether (sulfide) groups is 1. The van der Waals surface area contributed by atoms with Gasteiger partial charge in [-0.2, -0.15) is 0 Å². The summed E-state index contributed by atoms with van der Waals surface area (Å²) in [5.74, 6) is 2.40. The van der Waals surface area contributed by atoms with Crippen LogP contribution in [0.5, 0.6) is 5.75 Å². The first-order valence-corrected chi connectivity index (χ1v) is 6.96. The molecule has 1 heterocycles. The summed E-state index contributed by atoms with van der Waals surface area (Å²) in [5.41, 5.74) is 0. The molecule has 2 N–H and O–H groups in total. The summed E-state index contributed by atoms with van der Waals surface area (Å²) in [6.45, 7) is 2.35. The van der Waals surface area contributed by atoms with E-state index in [4.69, 9.17) is 0 Å². The van der Waals surface area contributed by atoms with Gasteiger partial charge in [0, 0.05) is 4.90 Å². The van der Waals surface area contributed by atoms with Gasteiger partial charge in [0.25, 0.3) is 0 Å². The second kappa shape index (κ2) is 6.16. The fourth-order valence-corrected chi connectivity index (χ4v) is 3.15. The van der Waals surface area contributed by atoms with Crippen molar-refractivity contribution >= 4 is 11.8 Å². The van der Waals surface area contributed by atoms with Crippen LogP contribution in [0, 0.1) is 5.92 Å². The second-order valence-electron chi connectivity index (χ2n) is 4.30. The number of aromatic hydroxyl groups is 1. The molecule has 0 amide bonds. The molecule has 0 radical (unpaired) electrons. The molecule has 88 valence electrons. The first-order valence-electron chi connectivity index (χ1n) is 5.98. The van der Waals surface area contributed by atoms with Crippen LogP contribution in [0.1, 0.15) is 19.3 Å². The Kier molecular flexibility index (Phi) is 4.55. The van der Waals surface area contributed by atoms with E-state index in [1.54, 1.807) is 17.8 Å². The van der Waals surface area contributed by atoms with Gasteiger partial charge in [-0.1, -0.05) is 12.1 Å². The molecule has 0 saturated carbocycles. The van der Waals surface area contributed by atoms with Crippen molar-refractivity contribution < 1.29 is 5.11 Å². The Morgan fingerprint density at radius 3 is 2.75 bits per heavy atom. The van der Waals surface area contributed by atoms with Crippen molar-refractivity contribution in [1.82, 2.24) is 5.32 Å². The Balaban J connectivity index is 1.73. The van der Waals surface area contributed by atoms with E-state index in [9.17, 15) is 5.11 Å². The molecule has 1 aromatic carbocycles. The normalized spacial score (nSPS) is 17.5. The Labute approximate surface area is 101 Å². The van der Waals surface area contributed by atoms with Gasteiger partial charge in [-0.15, -0.1) is 11.8 Å². The molecule has 16 heavy (non-hydrogen) atoms. The van der Waals surface area contributed by atoms with Crippen LogP contribution in [0.15, 0.2) is 29.2 Å². The van der Waals surface area contributed by atoms with Gasteiger partial charge in [-0.25, -0.2) is 0 Å². The Morgan fingerprint density at radius 1 is 1.25 bits per heavy atom. The summed E-state index contributed by atoms with van der Waals surface area (Å²) in [7, 11) is 0. The van der Waals surface area contributed by atoms with Gasteiger partial charge in [0.05, 0.1) is 0 Å². The molecular formula is C13H19NOS. The van der Waals surface area contributed by atoms with Crippen molar-refractivity contribution in [2.24, 2.45) is 5.92 Å². The van der Waals surface area contributed by atoms with Gasteiger partial charge in [0.1, 0.15) is 5.75 Å². The molecule has 1 fully saturated rings. The van der Waals surface area contributed by atoms with Crippen molar-refractivity contribution in [2.45, 2.75) is 24.2 Å². The maximum absolute atomic E-state index is 9.62. The number of phenols is 1. The molecule has 2 nitrogen and oxygen atoms in total. The molecule has 1 aliphatic rings. The zero-order chi connectivity index (χ0) is 11.2. The van der Waals surface area contributed by atoms with Crippen molar-refractivity contribution in [1.29, 1.82) is 0 Å². The lowest BCUT2D eigenvalue weighted by Crippen LogP contribution is -2.27. The van der Waals surface area contributed by atoms with E-state index in [1.807, 2.05) is 18.2 Å². The van der Waals surface area contributed by atoms with Crippen LogP contribution in [-0.2, 0) is 0 Å². The molecule has 1 aliphatic heterocycles. The molecule has 1 saturated heterocycles. The number of hydrogen-bond donors (Lipinski definition) is 2. The number of hydrogen-bond acceptors (Lipinski definition) is 3. The molecule has 0 unspecified atom stereocenters. The smallest absolute Gasteiger partial charge is 0.129 e. The Morgan fingerprint density at radius 2 is 2.00 bits per heavy atom. The van der Waals surface area contributed by atoms with Gasteiger partial charge in [-0.05, 0) is 56.2 Å². The lowest BCUT2D eigenvalue weighted by atomic mass is 9.96. The molecular weight excluding hydrogens is 218 g/mol. The van der Waals surface area contributed by atoms with Crippen molar-refractivity contribution in [2.75, 3.05) is 18.8 Å². The van der Waals surface area contributed by atoms with Gasteiger partial charge in [0.15, 0.2) is 0 Å². The first-order chi connectivity index (χ1) is 7.86. The van der Waals surface area contributed by atoms with Crippen molar-refractivity contribution in [3.05, 3.63) is 24.3 Å². The molecule has 3 heteroatoms. The van der Waals surface area contributed by atoms with Gasteiger partial charge in [0.2, 0.25) is 0 Å². The SMILES string of the molecule is Oc1ccccc1SCCC1CCNCC1. The molecule has 0 aliphatic carbocycles. The summed E-state index contributed by atoms with van der Waals surface area (Å²) < 4.78 is 0. The molecule has 1 aromatic rings. The minimum absolute atomic E-state index is 0.415. The maximum Gasteiger partial charge on any atom is 0.129 e. The van der Waals surface area contributed by atoms with Crippen LogP contribution >= 0.6 is 11.8 Å². The van der Waals surface area contributed by atoms with E-state index < -0.39 is 0 Å². The van der Waals surface area contributed by atoms with Crippen LogP contribution in [-0.4, -0.2) is 23.9 Å². The molecule has 0 spiro atoms. The summed E-state index contributed by atoms with van der Waals surface area (Å²) in [6.07, 6.45) is 3.88. The first kappa shape index (κ1) is 11.8. The third-order valence-corrected chi connectivity index (χ3v) is 4.20. The third kappa shape index (κ3) is 3.42. The molecule has 0 bridgehead atoms. The average molecular weight is 237 g/mol. The summed E-state index contributed by atoms with van der Waals surface area (Å²) in [5, 5.41) is 13.0. The van der Waals surface area contributed by atoms with Crippen LogP contribution < -0.4 is 5.32 Å². The summed E-state index contributed by atoms with van der Waals surface area (Å²) >= 11 is 1.77. The quantitative estimate of drug-likeness (QED) is 0.790.